The van der Waals surface area contributed by atoms with Crippen LogP contribution in [-0.2, 0) is 17.7 Å². The van der Waals surface area contributed by atoms with Crippen molar-refractivity contribution >= 4 is 36.3 Å². The zero-order valence-corrected chi connectivity index (χ0v) is 16.2. The minimum atomic E-state index is -2.80. The molecule has 14 heavy (non-hydrogen) atoms. The fourth-order valence-corrected chi connectivity index (χ4v) is 2.87. The van der Waals surface area contributed by atoms with E-state index in [2.05, 4.69) is 0 Å². The van der Waals surface area contributed by atoms with Crippen molar-refractivity contribution in [3.05, 3.63) is 0 Å². The van der Waals surface area contributed by atoms with E-state index in [9.17, 15) is 0 Å². The molecule has 0 aliphatic heterocycles. The van der Waals surface area contributed by atoms with Gasteiger partial charge < -0.3 is 17.7 Å². The molecule has 0 aromatic carbocycles. The van der Waals surface area contributed by atoms with E-state index < -0.39 is 9.05 Å². The van der Waals surface area contributed by atoms with Gasteiger partial charge >= 0.3 is 36.3 Å². The number of hydrogen-bond acceptors (Lipinski definition) is 4. The molecule has 6 heteroatoms. The van der Waals surface area contributed by atoms with Crippen LogP contribution in [0.3, 0.4) is 0 Å². The molecule has 2 radical (unpaired) electrons. The Balaban J connectivity index is 0. The van der Waals surface area contributed by atoms with Crippen LogP contribution in [0.25, 0.3) is 0 Å². The summed E-state index contributed by atoms with van der Waals surface area (Å²) in [7, 11) is -2.80. The third-order valence-corrected chi connectivity index (χ3v) is 3.85. The Bertz CT molecular complexity index is 96.4. The molecule has 0 aliphatic carbocycles. The Morgan fingerprint density at radius 1 is 0.643 bits per heavy atom. The van der Waals surface area contributed by atoms with Crippen LogP contribution in [0.1, 0.15) is 27.7 Å². The van der Waals surface area contributed by atoms with Gasteiger partial charge in [0.1, 0.15) is 0 Å². The van der Waals surface area contributed by atoms with E-state index in [1.165, 1.54) is 0 Å². The Hall–Kier alpha value is 0.979. The first-order valence-electron chi connectivity index (χ1n) is 4.80. The third-order valence-electron chi connectivity index (χ3n) is 1.28. The Labute approximate surface area is 108 Å². The monoisotopic (exact) mass is 418 g/mol. The maximum atomic E-state index is 5.42. The Morgan fingerprint density at radius 2 is 0.857 bits per heavy atom. The van der Waals surface area contributed by atoms with Crippen LogP contribution < -0.4 is 0 Å². The van der Waals surface area contributed by atoms with E-state index in [-0.39, 0.29) is 27.3 Å². The van der Waals surface area contributed by atoms with Crippen molar-refractivity contribution in [3.8, 4) is 0 Å². The predicted octanol–water partition coefficient (Wildman–Crippen LogP) is 0.652. The average molecular weight is 418 g/mol. The van der Waals surface area contributed by atoms with E-state index in [1.54, 1.807) is 0 Å². The fraction of sp³-hybridized carbons (Fsp3) is 1.00. The quantitative estimate of drug-likeness (QED) is 0.544. The first kappa shape index (κ1) is 17.4. The molecule has 0 bridgehead atoms. The summed E-state index contributed by atoms with van der Waals surface area (Å²) in [6.07, 6.45) is 0. The van der Waals surface area contributed by atoms with Gasteiger partial charge in [0.15, 0.2) is 0 Å². The predicted molar refractivity (Wildman–Crippen MR) is 60.8 cm³/mol. The van der Waals surface area contributed by atoms with Gasteiger partial charge in [-0.3, -0.25) is 0 Å². The Kier molecular flexibility index (Phi) is 13.0. The molecular formula is C8H22O4PbSi. The molecule has 0 rings (SSSR count). The van der Waals surface area contributed by atoms with Crippen LogP contribution in [-0.4, -0.2) is 62.8 Å². The van der Waals surface area contributed by atoms with E-state index in [0.717, 1.165) is 0 Å². The first-order chi connectivity index (χ1) is 6.24. The van der Waals surface area contributed by atoms with Gasteiger partial charge in [0.05, 0.1) is 0 Å². The summed E-state index contributed by atoms with van der Waals surface area (Å²) >= 11 is 0. The fourth-order valence-electron chi connectivity index (χ4n) is 0.957. The standard InChI is InChI=1S/C8H20O4Si.Pb.2H/c1-5-9-13(10-6-2,11-7-3)12-8-4;;;/h5-8H2,1-4H3;;;. The summed E-state index contributed by atoms with van der Waals surface area (Å²) in [6.45, 7) is 9.80. The van der Waals surface area contributed by atoms with Crippen molar-refractivity contribution in [1.82, 2.24) is 0 Å². The van der Waals surface area contributed by atoms with Crippen molar-refractivity contribution in [2.24, 2.45) is 0 Å². The summed E-state index contributed by atoms with van der Waals surface area (Å²) in [5.74, 6) is 0. The van der Waals surface area contributed by atoms with Crippen molar-refractivity contribution in [2.45, 2.75) is 27.7 Å². The van der Waals surface area contributed by atoms with Crippen molar-refractivity contribution in [1.29, 1.82) is 0 Å². The van der Waals surface area contributed by atoms with Crippen LogP contribution in [0.4, 0.5) is 0 Å². The van der Waals surface area contributed by atoms with E-state index in [1.807, 2.05) is 27.7 Å². The topological polar surface area (TPSA) is 36.9 Å². The molecule has 0 fully saturated rings. The molecule has 0 aliphatic rings. The first-order valence-corrected chi connectivity index (χ1v) is 6.43. The summed E-state index contributed by atoms with van der Waals surface area (Å²) < 4.78 is 21.7. The number of rotatable bonds is 8. The average Bonchev–Trinajstić information content (AvgIpc) is 2.06. The van der Waals surface area contributed by atoms with Crippen LogP contribution >= 0.6 is 0 Å². The van der Waals surface area contributed by atoms with Gasteiger partial charge in [0, 0.05) is 26.4 Å². The van der Waals surface area contributed by atoms with Crippen molar-refractivity contribution in [3.63, 3.8) is 0 Å². The normalized spacial score (nSPS) is 11.1. The van der Waals surface area contributed by atoms with Gasteiger partial charge in [0.2, 0.25) is 0 Å². The van der Waals surface area contributed by atoms with E-state index >= 15 is 0 Å². The molecule has 0 saturated carbocycles. The molecule has 0 aromatic rings. The van der Waals surface area contributed by atoms with Crippen molar-refractivity contribution < 1.29 is 17.7 Å². The van der Waals surface area contributed by atoms with Gasteiger partial charge in [-0.2, -0.15) is 0 Å². The molecule has 86 valence electrons. The molecule has 0 aromatic heterocycles. The molecule has 0 amide bonds. The molecular weight excluding hydrogens is 395 g/mol. The molecule has 0 heterocycles. The zero-order chi connectivity index (χ0) is 10.2. The van der Waals surface area contributed by atoms with Gasteiger partial charge in [-0.15, -0.1) is 0 Å². The van der Waals surface area contributed by atoms with Crippen LogP contribution in [0.5, 0.6) is 0 Å². The second-order valence-corrected chi connectivity index (χ2v) is 4.39. The second kappa shape index (κ2) is 10.5. The SMILES string of the molecule is CCO[Si](OCC)(OCC)OCC.[PbH2]. The van der Waals surface area contributed by atoms with Gasteiger partial charge in [-0.05, 0) is 27.7 Å². The molecule has 0 unspecified atom stereocenters. The second-order valence-electron chi connectivity index (χ2n) is 2.23. The molecule has 0 atom stereocenters. The molecule has 0 saturated heterocycles. The summed E-state index contributed by atoms with van der Waals surface area (Å²) in [5.41, 5.74) is 0. The number of hydrogen-bond donors (Lipinski definition) is 0. The van der Waals surface area contributed by atoms with Gasteiger partial charge in [-0.25, -0.2) is 0 Å². The van der Waals surface area contributed by atoms with Crippen molar-refractivity contribution in [2.75, 3.05) is 26.4 Å². The van der Waals surface area contributed by atoms with Gasteiger partial charge in [0.25, 0.3) is 0 Å². The summed E-state index contributed by atoms with van der Waals surface area (Å²) in [6, 6.07) is 0. The third kappa shape index (κ3) is 6.46. The minimum absolute atomic E-state index is 0. The van der Waals surface area contributed by atoms with E-state index in [4.69, 9.17) is 17.7 Å². The molecule has 0 spiro atoms. The summed E-state index contributed by atoms with van der Waals surface area (Å²) in [4.78, 5) is 0. The van der Waals surface area contributed by atoms with Crippen LogP contribution in [0, 0.1) is 0 Å². The molecule has 4 nitrogen and oxygen atoms in total. The van der Waals surface area contributed by atoms with Gasteiger partial charge in [-0.1, -0.05) is 0 Å². The van der Waals surface area contributed by atoms with Crippen LogP contribution in [0.2, 0.25) is 0 Å². The van der Waals surface area contributed by atoms with Crippen LogP contribution in [0.15, 0.2) is 0 Å². The summed E-state index contributed by atoms with van der Waals surface area (Å²) in [5, 5.41) is 0. The maximum absolute atomic E-state index is 5.42. The Morgan fingerprint density at radius 3 is 1.00 bits per heavy atom. The zero-order valence-electron chi connectivity index (χ0n) is 9.67. The van der Waals surface area contributed by atoms with E-state index in [0.29, 0.717) is 26.4 Å². The molecule has 0 N–H and O–H groups in total.